The summed E-state index contributed by atoms with van der Waals surface area (Å²) in [4.78, 5) is 12.2. The van der Waals surface area contributed by atoms with Gasteiger partial charge in [-0.2, -0.15) is 0 Å². The number of carbonyl (C=O) groups is 1. The first-order valence-electron chi connectivity index (χ1n) is 8.31. The summed E-state index contributed by atoms with van der Waals surface area (Å²) >= 11 is 0. The monoisotopic (exact) mass is 304 g/mol. The number of hydrogen-bond donors (Lipinski definition) is 2. The molecule has 1 aromatic carbocycles. The SMILES string of the molecule is CCC(C)C(=O)NC1CCOc2c(C)cc(C(N)CC)cc21. The van der Waals surface area contributed by atoms with Gasteiger partial charge < -0.3 is 15.8 Å². The fourth-order valence-corrected chi connectivity index (χ4v) is 2.82. The van der Waals surface area contributed by atoms with Crippen LogP contribution in [-0.4, -0.2) is 12.5 Å². The lowest BCUT2D eigenvalue weighted by Gasteiger charge is -2.30. The molecular formula is C18H28N2O2. The Bertz CT molecular complexity index is 542. The Morgan fingerprint density at radius 1 is 1.41 bits per heavy atom. The van der Waals surface area contributed by atoms with Gasteiger partial charge in [-0.3, -0.25) is 4.79 Å². The predicted octanol–water partition coefficient (Wildman–Crippen LogP) is 3.39. The van der Waals surface area contributed by atoms with Gasteiger partial charge in [0.25, 0.3) is 0 Å². The molecule has 1 aromatic rings. The lowest BCUT2D eigenvalue weighted by atomic mass is 9.92. The smallest absolute Gasteiger partial charge is 0.223 e. The second kappa shape index (κ2) is 7.14. The highest BCUT2D eigenvalue weighted by molar-refractivity contribution is 5.78. The second-order valence-corrected chi connectivity index (χ2v) is 6.28. The molecule has 0 aromatic heterocycles. The molecule has 0 spiro atoms. The summed E-state index contributed by atoms with van der Waals surface area (Å²) in [5.74, 6) is 1.06. The molecule has 3 unspecified atom stereocenters. The summed E-state index contributed by atoms with van der Waals surface area (Å²) in [6.07, 6.45) is 2.55. The van der Waals surface area contributed by atoms with Crippen LogP contribution in [0.25, 0.3) is 0 Å². The predicted molar refractivity (Wildman–Crippen MR) is 88.8 cm³/mol. The topological polar surface area (TPSA) is 64.3 Å². The second-order valence-electron chi connectivity index (χ2n) is 6.28. The molecule has 3 N–H and O–H groups in total. The lowest BCUT2D eigenvalue weighted by molar-refractivity contribution is -0.125. The van der Waals surface area contributed by atoms with Crippen LogP contribution in [-0.2, 0) is 4.79 Å². The number of hydrogen-bond acceptors (Lipinski definition) is 3. The molecule has 0 fully saturated rings. The van der Waals surface area contributed by atoms with Gasteiger partial charge in [0.2, 0.25) is 5.91 Å². The largest absolute Gasteiger partial charge is 0.493 e. The van der Waals surface area contributed by atoms with E-state index in [1.54, 1.807) is 0 Å². The van der Waals surface area contributed by atoms with Crippen LogP contribution in [0.3, 0.4) is 0 Å². The molecule has 1 aliphatic rings. The van der Waals surface area contributed by atoms with Crippen LogP contribution in [0, 0.1) is 12.8 Å². The summed E-state index contributed by atoms with van der Waals surface area (Å²) in [6, 6.07) is 4.26. The molecule has 2 rings (SSSR count). The highest BCUT2D eigenvalue weighted by Gasteiger charge is 2.26. The lowest BCUT2D eigenvalue weighted by Crippen LogP contribution is -2.35. The Morgan fingerprint density at radius 3 is 2.77 bits per heavy atom. The van der Waals surface area contributed by atoms with E-state index in [-0.39, 0.29) is 23.9 Å². The minimum Gasteiger partial charge on any atom is -0.493 e. The molecule has 122 valence electrons. The van der Waals surface area contributed by atoms with Gasteiger partial charge in [-0.1, -0.05) is 26.8 Å². The van der Waals surface area contributed by atoms with Crippen LogP contribution in [0.4, 0.5) is 0 Å². The zero-order valence-electron chi connectivity index (χ0n) is 14.1. The molecule has 0 saturated carbocycles. The van der Waals surface area contributed by atoms with Crippen LogP contribution in [0.15, 0.2) is 12.1 Å². The molecule has 0 aliphatic carbocycles. The third-order valence-electron chi connectivity index (χ3n) is 4.60. The van der Waals surface area contributed by atoms with Crippen molar-refractivity contribution < 1.29 is 9.53 Å². The molecule has 0 radical (unpaired) electrons. The standard InChI is InChI=1S/C18H28N2O2/c1-5-11(3)18(21)20-16-7-8-22-17-12(4)9-13(10-14(16)17)15(19)6-2/h9-11,15-16H,5-8,19H2,1-4H3,(H,20,21). The Balaban J connectivity index is 2.31. The summed E-state index contributed by atoms with van der Waals surface area (Å²) in [7, 11) is 0. The average Bonchev–Trinajstić information content (AvgIpc) is 2.53. The summed E-state index contributed by atoms with van der Waals surface area (Å²) < 4.78 is 5.83. The van der Waals surface area contributed by atoms with Crippen molar-refractivity contribution in [3.8, 4) is 5.75 Å². The first kappa shape index (κ1) is 16.8. The van der Waals surface area contributed by atoms with E-state index >= 15 is 0 Å². The Kier molecular flexibility index (Phi) is 5.46. The van der Waals surface area contributed by atoms with E-state index < -0.39 is 0 Å². The van der Waals surface area contributed by atoms with Gasteiger partial charge in [0.1, 0.15) is 5.75 Å². The van der Waals surface area contributed by atoms with E-state index in [0.717, 1.165) is 41.7 Å². The van der Waals surface area contributed by atoms with Crippen LogP contribution in [0.2, 0.25) is 0 Å². The Labute approximate surface area is 133 Å². The molecular weight excluding hydrogens is 276 g/mol. The van der Waals surface area contributed by atoms with Gasteiger partial charge in [-0.15, -0.1) is 0 Å². The normalized spacial score (nSPS) is 19.8. The summed E-state index contributed by atoms with van der Waals surface area (Å²) in [5, 5.41) is 3.18. The van der Waals surface area contributed by atoms with Gasteiger partial charge in [0.05, 0.1) is 12.6 Å². The third-order valence-corrected chi connectivity index (χ3v) is 4.60. The van der Waals surface area contributed by atoms with Gasteiger partial charge in [0, 0.05) is 23.9 Å². The van der Waals surface area contributed by atoms with E-state index in [9.17, 15) is 4.79 Å². The maximum absolute atomic E-state index is 12.2. The number of carbonyl (C=O) groups excluding carboxylic acids is 1. The molecule has 4 nitrogen and oxygen atoms in total. The van der Waals surface area contributed by atoms with E-state index in [1.807, 2.05) is 20.8 Å². The number of benzene rings is 1. The number of aryl methyl sites for hydroxylation is 1. The van der Waals surface area contributed by atoms with Gasteiger partial charge >= 0.3 is 0 Å². The van der Waals surface area contributed by atoms with Crippen molar-refractivity contribution in [1.82, 2.24) is 5.32 Å². The van der Waals surface area contributed by atoms with E-state index in [2.05, 4.69) is 24.4 Å². The van der Waals surface area contributed by atoms with Crippen LogP contribution in [0.1, 0.15) is 68.8 Å². The number of nitrogens with one attached hydrogen (secondary N) is 1. The number of ether oxygens (including phenoxy) is 1. The van der Waals surface area contributed by atoms with Crippen molar-refractivity contribution in [2.75, 3.05) is 6.61 Å². The van der Waals surface area contributed by atoms with E-state index in [0.29, 0.717) is 6.61 Å². The molecule has 1 aliphatic heterocycles. The first-order valence-corrected chi connectivity index (χ1v) is 8.31. The Hall–Kier alpha value is -1.55. The third kappa shape index (κ3) is 3.43. The minimum absolute atomic E-state index is 0.0213. The van der Waals surface area contributed by atoms with Gasteiger partial charge in [0.15, 0.2) is 0 Å². The molecule has 0 bridgehead atoms. The molecule has 1 amide bonds. The first-order chi connectivity index (χ1) is 10.5. The number of fused-ring (bicyclic) bond motifs is 1. The Morgan fingerprint density at radius 2 is 2.14 bits per heavy atom. The van der Waals surface area contributed by atoms with Crippen molar-refractivity contribution in [2.45, 2.75) is 59.0 Å². The quantitative estimate of drug-likeness (QED) is 0.876. The summed E-state index contributed by atoms with van der Waals surface area (Å²) in [6.45, 7) is 8.76. The number of nitrogens with two attached hydrogens (primary N) is 1. The molecule has 1 heterocycles. The van der Waals surface area contributed by atoms with Crippen molar-refractivity contribution in [1.29, 1.82) is 0 Å². The number of amides is 1. The maximum atomic E-state index is 12.2. The highest BCUT2D eigenvalue weighted by Crippen LogP contribution is 2.37. The van der Waals surface area contributed by atoms with Crippen LogP contribution >= 0.6 is 0 Å². The number of rotatable bonds is 5. The zero-order valence-corrected chi connectivity index (χ0v) is 14.1. The van der Waals surface area contributed by atoms with Crippen molar-refractivity contribution in [3.05, 3.63) is 28.8 Å². The van der Waals surface area contributed by atoms with Crippen LogP contribution < -0.4 is 15.8 Å². The van der Waals surface area contributed by atoms with Crippen molar-refractivity contribution in [3.63, 3.8) is 0 Å². The fraction of sp³-hybridized carbons (Fsp3) is 0.611. The van der Waals surface area contributed by atoms with Gasteiger partial charge in [-0.25, -0.2) is 0 Å². The van der Waals surface area contributed by atoms with Crippen molar-refractivity contribution in [2.24, 2.45) is 11.7 Å². The van der Waals surface area contributed by atoms with E-state index in [1.165, 1.54) is 0 Å². The molecule has 22 heavy (non-hydrogen) atoms. The molecule has 0 saturated heterocycles. The fourth-order valence-electron chi connectivity index (χ4n) is 2.82. The minimum atomic E-state index is 0.0213. The highest BCUT2D eigenvalue weighted by atomic mass is 16.5. The van der Waals surface area contributed by atoms with Crippen LogP contribution in [0.5, 0.6) is 5.75 Å². The van der Waals surface area contributed by atoms with Gasteiger partial charge in [-0.05, 0) is 37.0 Å². The zero-order chi connectivity index (χ0) is 16.3. The van der Waals surface area contributed by atoms with Crippen molar-refractivity contribution >= 4 is 5.91 Å². The molecule has 4 heteroatoms. The van der Waals surface area contributed by atoms with E-state index in [4.69, 9.17) is 10.5 Å². The maximum Gasteiger partial charge on any atom is 0.223 e. The molecule has 3 atom stereocenters. The average molecular weight is 304 g/mol. The summed E-state index contributed by atoms with van der Waals surface area (Å²) in [5.41, 5.74) is 9.47.